The first-order valence-corrected chi connectivity index (χ1v) is 9.82. The highest BCUT2D eigenvalue weighted by molar-refractivity contribution is 5.98. The van der Waals surface area contributed by atoms with Gasteiger partial charge in [0.2, 0.25) is 5.91 Å². The number of benzene rings is 2. The Morgan fingerprint density at radius 3 is 2.70 bits per heavy atom. The summed E-state index contributed by atoms with van der Waals surface area (Å²) in [5.74, 6) is -1.73. The lowest BCUT2D eigenvalue weighted by atomic mass is 10.1. The number of carbonyl (C=O) groups is 1. The van der Waals surface area contributed by atoms with Crippen molar-refractivity contribution in [2.75, 3.05) is 5.32 Å². The standard InChI is InChI=1S/C24H19F2N3O/c1-14-10-11-29-20(12-14)27-22(16-8-5-9-19(25)21(16)26)23(29)28-24(30)18-13-17(18)15-6-3-2-4-7-15/h2-12,17-18H,13H2,1H3,(H,28,30)/t17-,18+/m0/s1. The second-order valence-electron chi connectivity index (χ2n) is 7.69. The van der Waals surface area contributed by atoms with Crippen molar-refractivity contribution in [2.45, 2.75) is 19.3 Å². The van der Waals surface area contributed by atoms with Gasteiger partial charge >= 0.3 is 0 Å². The van der Waals surface area contributed by atoms with Crippen LogP contribution in [0.5, 0.6) is 0 Å². The third-order valence-corrected chi connectivity index (χ3v) is 5.58. The number of aromatic nitrogens is 2. The summed E-state index contributed by atoms with van der Waals surface area (Å²) >= 11 is 0. The molecule has 1 aliphatic carbocycles. The summed E-state index contributed by atoms with van der Waals surface area (Å²) < 4.78 is 30.1. The molecule has 1 aliphatic rings. The minimum absolute atomic E-state index is 0.0158. The first kappa shape index (κ1) is 18.5. The number of fused-ring (bicyclic) bond motifs is 1. The quantitative estimate of drug-likeness (QED) is 0.501. The van der Waals surface area contributed by atoms with E-state index in [4.69, 9.17) is 0 Å². The molecule has 2 heterocycles. The van der Waals surface area contributed by atoms with Crippen molar-refractivity contribution in [2.24, 2.45) is 5.92 Å². The monoisotopic (exact) mass is 403 g/mol. The fourth-order valence-corrected chi connectivity index (χ4v) is 3.90. The van der Waals surface area contributed by atoms with Crippen LogP contribution in [0.1, 0.15) is 23.5 Å². The van der Waals surface area contributed by atoms with Gasteiger partial charge < -0.3 is 5.32 Å². The number of imidazole rings is 1. The van der Waals surface area contributed by atoms with E-state index in [9.17, 15) is 13.6 Å². The number of hydrogen-bond donors (Lipinski definition) is 1. The van der Waals surface area contributed by atoms with Gasteiger partial charge in [-0.05, 0) is 54.7 Å². The van der Waals surface area contributed by atoms with Gasteiger partial charge in [0.1, 0.15) is 17.2 Å². The van der Waals surface area contributed by atoms with Gasteiger partial charge in [-0.15, -0.1) is 0 Å². The van der Waals surface area contributed by atoms with E-state index in [1.165, 1.54) is 12.1 Å². The van der Waals surface area contributed by atoms with E-state index in [2.05, 4.69) is 10.3 Å². The van der Waals surface area contributed by atoms with E-state index in [-0.39, 0.29) is 29.0 Å². The lowest BCUT2D eigenvalue weighted by Gasteiger charge is -2.09. The molecule has 0 aliphatic heterocycles. The number of amides is 1. The van der Waals surface area contributed by atoms with Crippen LogP contribution >= 0.6 is 0 Å². The topological polar surface area (TPSA) is 46.4 Å². The molecule has 0 bridgehead atoms. The van der Waals surface area contributed by atoms with Gasteiger partial charge in [-0.2, -0.15) is 0 Å². The molecule has 1 N–H and O–H groups in total. The summed E-state index contributed by atoms with van der Waals surface area (Å²) in [7, 11) is 0. The van der Waals surface area contributed by atoms with Gasteiger partial charge in [-0.3, -0.25) is 9.20 Å². The van der Waals surface area contributed by atoms with E-state index >= 15 is 0 Å². The van der Waals surface area contributed by atoms with Crippen LogP contribution in [0.15, 0.2) is 66.9 Å². The second-order valence-corrected chi connectivity index (χ2v) is 7.69. The van der Waals surface area contributed by atoms with Gasteiger partial charge in [0.25, 0.3) is 0 Å². The molecule has 1 saturated carbocycles. The zero-order valence-corrected chi connectivity index (χ0v) is 16.3. The molecular weight excluding hydrogens is 384 g/mol. The van der Waals surface area contributed by atoms with E-state index < -0.39 is 11.6 Å². The number of hydrogen-bond acceptors (Lipinski definition) is 2. The number of aryl methyl sites for hydroxylation is 1. The summed E-state index contributed by atoms with van der Waals surface area (Å²) in [4.78, 5) is 17.5. The lowest BCUT2D eigenvalue weighted by molar-refractivity contribution is -0.117. The van der Waals surface area contributed by atoms with E-state index in [1.807, 2.05) is 49.4 Å². The van der Waals surface area contributed by atoms with Crippen molar-refractivity contribution >= 4 is 17.4 Å². The maximum absolute atomic E-state index is 14.5. The summed E-state index contributed by atoms with van der Waals surface area (Å²) in [6.45, 7) is 1.92. The van der Waals surface area contributed by atoms with Crippen molar-refractivity contribution in [1.82, 2.24) is 9.38 Å². The molecule has 150 valence electrons. The molecule has 2 atom stereocenters. The number of pyridine rings is 1. The third kappa shape index (κ3) is 3.14. The SMILES string of the molecule is Cc1ccn2c(NC(=O)[C@@H]3C[C@H]3c3ccccc3)c(-c3cccc(F)c3F)nc2c1. The lowest BCUT2D eigenvalue weighted by Crippen LogP contribution is -2.16. The van der Waals surface area contributed by atoms with Gasteiger partial charge in [0.05, 0.1) is 0 Å². The molecule has 0 saturated heterocycles. The summed E-state index contributed by atoms with van der Waals surface area (Å²) in [6, 6.07) is 17.6. The maximum atomic E-state index is 14.5. The highest BCUT2D eigenvalue weighted by Crippen LogP contribution is 2.48. The number of nitrogens with zero attached hydrogens (tertiary/aromatic N) is 2. The highest BCUT2D eigenvalue weighted by Gasteiger charge is 2.44. The molecule has 4 nitrogen and oxygen atoms in total. The molecule has 2 aromatic carbocycles. The van der Waals surface area contributed by atoms with Crippen LogP contribution in [-0.2, 0) is 4.79 Å². The Kier molecular flexibility index (Phi) is 4.35. The van der Waals surface area contributed by atoms with Crippen molar-refractivity contribution < 1.29 is 13.6 Å². The van der Waals surface area contributed by atoms with Crippen LogP contribution < -0.4 is 5.32 Å². The zero-order chi connectivity index (χ0) is 20.8. The number of anilines is 1. The zero-order valence-electron chi connectivity index (χ0n) is 16.3. The van der Waals surface area contributed by atoms with E-state index in [1.54, 1.807) is 10.6 Å². The Hall–Kier alpha value is -3.54. The summed E-state index contributed by atoms with van der Waals surface area (Å²) in [5, 5.41) is 2.93. The van der Waals surface area contributed by atoms with Crippen LogP contribution in [0.3, 0.4) is 0 Å². The molecule has 0 spiro atoms. The Labute approximate surface area is 172 Å². The normalized spacial score (nSPS) is 17.8. The van der Waals surface area contributed by atoms with Crippen LogP contribution in [0.4, 0.5) is 14.6 Å². The van der Waals surface area contributed by atoms with Crippen molar-refractivity contribution in [3.05, 3.63) is 89.6 Å². The fourth-order valence-electron chi connectivity index (χ4n) is 3.90. The highest BCUT2D eigenvalue weighted by atomic mass is 19.2. The largest absolute Gasteiger partial charge is 0.310 e. The molecule has 1 amide bonds. The smallest absolute Gasteiger partial charge is 0.229 e. The molecular formula is C24H19F2N3O. The number of nitrogens with one attached hydrogen (secondary N) is 1. The summed E-state index contributed by atoms with van der Waals surface area (Å²) in [6.07, 6.45) is 2.53. The molecule has 1 fully saturated rings. The Morgan fingerprint density at radius 2 is 1.90 bits per heavy atom. The first-order valence-electron chi connectivity index (χ1n) is 9.82. The predicted molar refractivity (Wildman–Crippen MR) is 111 cm³/mol. The van der Waals surface area contributed by atoms with Crippen LogP contribution in [0.25, 0.3) is 16.9 Å². The average molecular weight is 403 g/mol. The van der Waals surface area contributed by atoms with Gasteiger partial charge in [-0.25, -0.2) is 13.8 Å². The Morgan fingerprint density at radius 1 is 1.10 bits per heavy atom. The van der Waals surface area contributed by atoms with Gasteiger partial charge in [0.15, 0.2) is 11.6 Å². The molecule has 0 unspecified atom stereocenters. The minimum atomic E-state index is -0.985. The summed E-state index contributed by atoms with van der Waals surface area (Å²) in [5.41, 5.74) is 2.88. The second kappa shape index (κ2) is 7.06. The van der Waals surface area contributed by atoms with Crippen molar-refractivity contribution in [1.29, 1.82) is 0 Å². The molecule has 0 radical (unpaired) electrons. The number of carbonyl (C=O) groups excluding carboxylic acids is 1. The molecule has 6 heteroatoms. The minimum Gasteiger partial charge on any atom is -0.310 e. The van der Waals surface area contributed by atoms with Crippen LogP contribution in [0, 0.1) is 24.5 Å². The number of halogens is 2. The number of rotatable bonds is 4. The van der Waals surface area contributed by atoms with Gasteiger partial charge in [0, 0.05) is 17.7 Å². The predicted octanol–water partition coefficient (Wildman–Crippen LogP) is 5.33. The van der Waals surface area contributed by atoms with Crippen molar-refractivity contribution in [3.63, 3.8) is 0 Å². The average Bonchev–Trinajstić information content (AvgIpc) is 3.48. The molecule has 2 aromatic heterocycles. The first-order chi connectivity index (χ1) is 14.5. The van der Waals surface area contributed by atoms with E-state index in [0.717, 1.165) is 23.6 Å². The Balaban J connectivity index is 1.53. The Bertz CT molecular complexity index is 1270. The molecule has 4 aromatic rings. The van der Waals surface area contributed by atoms with Gasteiger partial charge in [-0.1, -0.05) is 36.4 Å². The van der Waals surface area contributed by atoms with Crippen LogP contribution in [0.2, 0.25) is 0 Å². The van der Waals surface area contributed by atoms with Crippen molar-refractivity contribution in [3.8, 4) is 11.3 Å². The molecule has 30 heavy (non-hydrogen) atoms. The third-order valence-electron chi connectivity index (χ3n) is 5.58. The maximum Gasteiger partial charge on any atom is 0.229 e. The van der Waals surface area contributed by atoms with E-state index in [0.29, 0.717) is 11.5 Å². The fraction of sp³-hybridized carbons (Fsp3) is 0.167. The molecule has 5 rings (SSSR count). The van der Waals surface area contributed by atoms with Crippen LogP contribution in [-0.4, -0.2) is 15.3 Å².